The molecule has 2 aliphatic rings. The number of carbonyl (C=O) groups is 1. The van der Waals surface area contributed by atoms with Gasteiger partial charge in [-0.2, -0.15) is 13.2 Å². The number of aromatic nitrogens is 2. The quantitative estimate of drug-likeness (QED) is 0.880. The van der Waals surface area contributed by atoms with Crippen molar-refractivity contribution in [1.82, 2.24) is 19.8 Å². The Morgan fingerprint density at radius 1 is 1.23 bits per heavy atom. The number of anilines is 1. The van der Waals surface area contributed by atoms with Crippen molar-refractivity contribution in [3.63, 3.8) is 0 Å². The molecule has 1 N–H and O–H groups in total. The van der Waals surface area contributed by atoms with E-state index in [2.05, 4.69) is 20.2 Å². The highest BCUT2D eigenvalue weighted by Crippen LogP contribution is 2.28. The number of nitrogens with zero attached hydrogens (tertiary/aromatic N) is 4. The highest BCUT2D eigenvalue weighted by molar-refractivity contribution is 5.76. The molecule has 9 heteroatoms. The van der Waals surface area contributed by atoms with E-state index in [9.17, 15) is 18.0 Å². The monoisotopic (exact) mass is 371 g/mol. The van der Waals surface area contributed by atoms with E-state index in [1.54, 1.807) is 4.90 Å². The van der Waals surface area contributed by atoms with Crippen LogP contribution in [0, 0.1) is 5.92 Å². The minimum Gasteiger partial charge on any atom is -0.367 e. The van der Waals surface area contributed by atoms with Crippen LogP contribution in [0.4, 0.5) is 19.0 Å². The topological polar surface area (TPSA) is 61.4 Å². The fourth-order valence-corrected chi connectivity index (χ4v) is 3.67. The van der Waals surface area contributed by atoms with Crippen molar-refractivity contribution in [2.45, 2.75) is 37.9 Å². The van der Waals surface area contributed by atoms with Crippen LogP contribution in [0.15, 0.2) is 12.4 Å². The lowest BCUT2D eigenvalue weighted by Gasteiger charge is -2.37. The Hall–Kier alpha value is -1.90. The number of likely N-dealkylation sites (tertiary alicyclic amines) is 2. The number of piperidine rings is 2. The predicted octanol–water partition coefficient (Wildman–Crippen LogP) is 2.24. The second-order valence-corrected chi connectivity index (χ2v) is 7.18. The Morgan fingerprint density at radius 3 is 2.62 bits per heavy atom. The molecule has 1 aromatic heterocycles. The van der Waals surface area contributed by atoms with Crippen LogP contribution in [-0.4, -0.2) is 64.9 Å². The van der Waals surface area contributed by atoms with Gasteiger partial charge in [-0.1, -0.05) is 0 Å². The Morgan fingerprint density at radius 2 is 1.96 bits per heavy atom. The molecule has 144 valence electrons. The van der Waals surface area contributed by atoms with Gasteiger partial charge >= 0.3 is 6.18 Å². The molecule has 1 aromatic rings. The first-order valence-corrected chi connectivity index (χ1v) is 8.93. The molecule has 0 spiro atoms. The summed E-state index contributed by atoms with van der Waals surface area (Å²) in [6.45, 7) is 3.56. The van der Waals surface area contributed by atoms with Gasteiger partial charge in [0.25, 0.3) is 0 Å². The van der Waals surface area contributed by atoms with Crippen LogP contribution in [0.5, 0.6) is 0 Å². The van der Waals surface area contributed by atoms with E-state index in [1.807, 2.05) is 7.05 Å². The fraction of sp³-hybridized carbons (Fsp3) is 0.706. The average Bonchev–Trinajstić information content (AvgIpc) is 2.59. The third-order valence-corrected chi connectivity index (χ3v) is 5.14. The molecule has 1 unspecified atom stereocenters. The molecule has 2 aliphatic heterocycles. The molecule has 2 saturated heterocycles. The standard InChI is InChI=1S/C17H24F3N5O/c1-24-9-12(2-3-16(24)26)10-25-6-4-13(5-7-25)23-15-8-14(17(18,19)20)21-11-22-15/h8,11-13H,2-7,9-10H2,1H3,(H,21,22,23). The van der Waals surface area contributed by atoms with Crippen LogP contribution < -0.4 is 5.32 Å². The van der Waals surface area contributed by atoms with Gasteiger partial charge in [0.2, 0.25) is 5.91 Å². The zero-order valence-electron chi connectivity index (χ0n) is 14.8. The molecular weight excluding hydrogens is 347 g/mol. The zero-order valence-corrected chi connectivity index (χ0v) is 14.8. The first-order chi connectivity index (χ1) is 12.3. The van der Waals surface area contributed by atoms with Gasteiger partial charge in [-0.15, -0.1) is 0 Å². The molecule has 3 rings (SSSR count). The van der Waals surface area contributed by atoms with E-state index in [1.165, 1.54) is 0 Å². The van der Waals surface area contributed by atoms with Crippen LogP contribution in [0.1, 0.15) is 31.4 Å². The summed E-state index contributed by atoms with van der Waals surface area (Å²) in [6, 6.07) is 1.07. The van der Waals surface area contributed by atoms with Gasteiger partial charge in [0.15, 0.2) is 0 Å². The Balaban J connectivity index is 1.46. The number of hydrogen-bond acceptors (Lipinski definition) is 5. The van der Waals surface area contributed by atoms with Crippen LogP contribution in [0.2, 0.25) is 0 Å². The first-order valence-electron chi connectivity index (χ1n) is 8.93. The summed E-state index contributed by atoms with van der Waals surface area (Å²) in [6.07, 6.45) is -0.255. The summed E-state index contributed by atoms with van der Waals surface area (Å²) in [7, 11) is 1.85. The minimum atomic E-state index is -4.46. The van der Waals surface area contributed by atoms with Crippen LogP contribution in [0.25, 0.3) is 0 Å². The Kier molecular flexibility index (Phi) is 5.64. The molecule has 6 nitrogen and oxygen atoms in total. The third kappa shape index (κ3) is 4.84. The number of amides is 1. The Bertz CT molecular complexity index is 631. The lowest BCUT2D eigenvalue weighted by Crippen LogP contribution is -2.45. The van der Waals surface area contributed by atoms with E-state index in [-0.39, 0.29) is 17.8 Å². The van der Waals surface area contributed by atoms with E-state index < -0.39 is 11.9 Å². The molecular formula is C17H24F3N5O. The van der Waals surface area contributed by atoms with Gasteiger partial charge in [0.05, 0.1) is 0 Å². The molecule has 0 bridgehead atoms. The molecule has 2 fully saturated rings. The maximum Gasteiger partial charge on any atom is 0.433 e. The number of alkyl halides is 3. The summed E-state index contributed by atoms with van der Waals surface area (Å²) in [5, 5.41) is 3.10. The zero-order chi connectivity index (χ0) is 18.7. The van der Waals surface area contributed by atoms with E-state index >= 15 is 0 Å². The van der Waals surface area contributed by atoms with Crippen molar-refractivity contribution >= 4 is 11.7 Å². The highest BCUT2D eigenvalue weighted by atomic mass is 19.4. The van der Waals surface area contributed by atoms with Gasteiger partial charge in [-0.25, -0.2) is 9.97 Å². The van der Waals surface area contributed by atoms with Gasteiger partial charge < -0.3 is 15.1 Å². The molecule has 1 amide bonds. The first kappa shape index (κ1) is 18.9. The smallest absolute Gasteiger partial charge is 0.367 e. The van der Waals surface area contributed by atoms with Crippen molar-refractivity contribution in [2.24, 2.45) is 5.92 Å². The van der Waals surface area contributed by atoms with Gasteiger partial charge in [0, 0.05) is 51.8 Å². The molecule has 26 heavy (non-hydrogen) atoms. The van der Waals surface area contributed by atoms with Crippen molar-refractivity contribution < 1.29 is 18.0 Å². The molecule has 0 saturated carbocycles. The second-order valence-electron chi connectivity index (χ2n) is 7.18. The Labute approximate surface area is 150 Å². The lowest BCUT2D eigenvalue weighted by molar-refractivity contribution is -0.141. The summed E-state index contributed by atoms with van der Waals surface area (Å²) >= 11 is 0. The second kappa shape index (κ2) is 7.77. The van der Waals surface area contributed by atoms with Crippen molar-refractivity contribution in [2.75, 3.05) is 38.5 Å². The van der Waals surface area contributed by atoms with Crippen molar-refractivity contribution in [3.05, 3.63) is 18.1 Å². The summed E-state index contributed by atoms with van der Waals surface area (Å²) in [5.41, 5.74) is -0.927. The fourth-order valence-electron chi connectivity index (χ4n) is 3.67. The van der Waals surface area contributed by atoms with Crippen LogP contribution in [0.3, 0.4) is 0 Å². The van der Waals surface area contributed by atoms with Crippen molar-refractivity contribution in [1.29, 1.82) is 0 Å². The van der Waals surface area contributed by atoms with Crippen LogP contribution in [-0.2, 0) is 11.0 Å². The largest absolute Gasteiger partial charge is 0.433 e. The van der Waals surface area contributed by atoms with Gasteiger partial charge in [-0.05, 0) is 25.2 Å². The predicted molar refractivity (Wildman–Crippen MR) is 90.5 cm³/mol. The van der Waals surface area contributed by atoms with E-state index in [0.717, 1.165) is 57.8 Å². The normalized spacial score (nSPS) is 23.3. The SMILES string of the molecule is CN1CC(CN2CCC(Nc3cc(C(F)(F)F)ncn3)CC2)CCC1=O. The molecule has 1 atom stereocenters. The number of halogens is 3. The number of hydrogen-bond donors (Lipinski definition) is 1. The highest BCUT2D eigenvalue weighted by Gasteiger charge is 2.33. The lowest BCUT2D eigenvalue weighted by atomic mass is 9.95. The number of carbonyl (C=O) groups excluding carboxylic acids is 1. The van der Waals surface area contributed by atoms with Gasteiger partial charge in [0.1, 0.15) is 17.8 Å². The summed E-state index contributed by atoms with van der Waals surface area (Å²) in [5.74, 6) is 0.934. The van der Waals surface area contributed by atoms with Gasteiger partial charge in [-0.3, -0.25) is 4.79 Å². The maximum atomic E-state index is 12.7. The number of rotatable bonds is 4. The minimum absolute atomic E-state index is 0.109. The van der Waals surface area contributed by atoms with Crippen LogP contribution >= 0.6 is 0 Å². The molecule has 0 aromatic carbocycles. The third-order valence-electron chi connectivity index (χ3n) is 5.14. The molecule has 0 radical (unpaired) electrons. The van der Waals surface area contributed by atoms with Crippen molar-refractivity contribution in [3.8, 4) is 0 Å². The number of nitrogens with one attached hydrogen (secondary N) is 1. The van der Waals surface area contributed by atoms with E-state index in [0.29, 0.717) is 12.3 Å². The maximum absolute atomic E-state index is 12.7. The average molecular weight is 371 g/mol. The summed E-state index contributed by atoms with van der Waals surface area (Å²) < 4.78 is 38.2. The molecule has 0 aliphatic carbocycles. The molecule has 3 heterocycles. The van der Waals surface area contributed by atoms with E-state index in [4.69, 9.17) is 0 Å². The summed E-state index contributed by atoms with van der Waals surface area (Å²) in [4.78, 5) is 22.9.